The first-order valence-corrected chi connectivity index (χ1v) is 9.25. The van der Waals surface area contributed by atoms with E-state index in [1.54, 1.807) is 0 Å². The lowest BCUT2D eigenvalue weighted by atomic mass is 9.77. The van der Waals surface area contributed by atoms with Crippen molar-refractivity contribution in [3.8, 4) is 0 Å². The predicted molar refractivity (Wildman–Crippen MR) is 99.0 cm³/mol. The Morgan fingerprint density at radius 1 is 0.769 bits per heavy atom. The lowest BCUT2D eigenvalue weighted by Gasteiger charge is -2.31. The number of hydrogen-bond acceptors (Lipinski definition) is 2. The van der Waals surface area contributed by atoms with Crippen LogP contribution in [0.4, 0.5) is 0 Å². The largest absolute Gasteiger partial charge is 0.453 e. The van der Waals surface area contributed by atoms with Gasteiger partial charge in [0.05, 0.1) is 6.42 Å². The van der Waals surface area contributed by atoms with Crippen LogP contribution in [0.15, 0.2) is 78.9 Å². The molecule has 126 valence electrons. The molecule has 1 unspecified atom stereocenters. The van der Waals surface area contributed by atoms with Crippen molar-refractivity contribution < 1.29 is 9.53 Å². The first kappa shape index (κ1) is 14.3. The second-order valence-corrected chi connectivity index (χ2v) is 7.61. The van der Waals surface area contributed by atoms with E-state index in [2.05, 4.69) is 78.9 Å². The zero-order valence-corrected chi connectivity index (χ0v) is 14.3. The van der Waals surface area contributed by atoms with Crippen LogP contribution in [-0.2, 0) is 15.1 Å². The van der Waals surface area contributed by atoms with Crippen LogP contribution in [-0.4, -0.2) is 5.97 Å². The van der Waals surface area contributed by atoms with Gasteiger partial charge in [-0.2, -0.15) is 0 Å². The van der Waals surface area contributed by atoms with E-state index in [0.717, 1.165) is 0 Å². The minimum atomic E-state index is -0.544. The maximum absolute atomic E-state index is 12.4. The lowest BCUT2D eigenvalue weighted by molar-refractivity contribution is -0.150. The third kappa shape index (κ3) is 1.56. The summed E-state index contributed by atoms with van der Waals surface area (Å²) in [6, 6.07) is 27.8. The number of hydrogen-bond donors (Lipinski definition) is 0. The maximum Gasteiger partial charge on any atom is 0.307 e. The molecule has 6 rings (SSSR count). The van der Waals surface area contributed by atoms with E-state index in [1.165, 1.54) is 27.8 Å². The molecule has 0 radical (unpaired) electrons. The van der Waals surface area contributed by atoms with Gasteiger partial charge in [0.2, 0.25) is 0 Å². The van der Waals surface area contributed by atoms with Gasteiger partial charge in [-0.25, -0.2) is 0 Å². The number of fused-ring (bicyclic) bond motifs is 4. The van der Waals surface area contributed by atoms with Crippen LogP contribution in [0.25, 0.3) is 0 Å². The van der Waals surface area contributed by atoms with E-state index in [0.29, 0.717) is 6.42 Å². The van der Waals surface area contributed by atoms with E-state index in [4.69, 9.17) is 4.74 Å². The van der Waals surface area contributed by atoms with Crippen molar-refractivity contribution in [2.75, 3.05) is 0 Å². The Hall–Kier alpha value is -2.87. The molecule has 0 N–H and O–H groups in total. The summed E-state index contributed by atoms with van der Waals surface area (Å²) in [6.45, 7) is 0. The summed E-state index contributed by atoms with van der Waals surface area (Å²) in [6.07, 6.45) is 0.476. The highest BCUT2D eigenvalue weighted by atomic mass is 16.6. The van der Waals surface area contributed by atoms with E-state index < -0.39 is 5.60 Å². The van der Waals surface area contributed by atoms with Gasteiger partial charge in [-0.1, -0.05) is 78.9 Å². The fraction of sp³-hybridized carbons (Fsp3) is 0.208. The van der Waals surface area contributed by atoms with Gasteiger partial charge >= 0.3 is 5.97 Å². The lowest BCUT2D eigenvalue weighted by Crippen LogP contribution is -2.30. The Kier molecular flexibility index (Phi) is 2.67. The van der Waals surface area contributed by atoms with Crippen LogP contribution in [0.2, 0.25) is 0 Å². The van der Waals surface area contributed by atoms with Crippen molar-refractivity contribution in [3.05, 3.63) is 107 Å². The molecule has 1 saturated heterocycles. The van der Waals surface area contributed by atoms with Crippen LogP contribution >= 0.6 is 0 Å². The summed E-state index contributed by atoms with van der Waals surface area (Å²) in [5.74, 6) is 0.406. The predicted octanol–water partition coefficient (Wildman–Crippen LogP) is 4.86. The van der Waals surface area contributed by atoms with E-state index in [-0.39, 0.29) is 23.7 Å². The summed E-state index contributed by atoms with van der Waals surface area (Å²) in [5, 5.41) is 0. The third-order valence-electron chi connectivity index (χ3n) is 6.55. The van der Waals surface area contributed by atoms with E-state index in [9.17, 15) is 4.79 Å². The van der Waals surface area contributed by atoms with Crippen molar-refractivity contribution in [2.24, 2.45) is 0 Å². The molecular weight excluding hydrogens is 320 g/mol. The monoisotopic (exact) mass is 338 g/mol. The van der Waals surface area contributed by atoms with Crippen molar-refractivity contribution in [3.63, 3.8) is 0 Å². The fourth-order valence-electron chi connectivity index (χ4n) is 5.76. The Balaban J connectivity index is 1.69. The first-order valence-electron chi connectivity index (χ1n) is 9.25. The molecule has 1 spiro atoms. The zero-order valence-electron chi connectivity index (χ0n) is 14.3. The number of carbonyl (C=O) groups excluding carboxylic acids is 1. The van der Waals surface area contributed by atoms with Crippen molar-refractivity contribution >= 4 is 5.97 Å². The molecule has 3 aromatic rings. The number of benzene rings is 3. The average molecular weight is 338 g/mol. The number of ether oxygens (including phenoxy) is 1. The molecule has 1 heterocycles. The van der Waals surface area contributed by atoms with Gasteiger partial charge in [-0.15, -0.1) is 0 Å². The van der Waals surface area contributed by atoms with Gasteiger partial charge in [0, 0.05) is 23.3 Å². The Labute approximate surface area is 152 Å². The quantitative estimate of drug-likeness (QED) is 0.593. The summed E-state index contributed by atoms with van der Waals surface area (Å²) in [7, 11) is 0. The summed E-state index contributed by atoms with van der Waals surface area (Å²) in [5.41, 5.74) is 5.88. The SMILES string of the molecule is O=C1C[C@H]2c3ccccc3[C@@H]3[C@@H](c4ccccc4)c4ccccc4C32O1. The molecule has 0 saturated carbocycles. The maximum atomic E-state index is 12.4. The molecule has 2 heteroatoms. The second-order valence-electron chi connectivity index (χ2n) is 7.61. The van der Waals surface area contributed by atoms with Crippen LogP contribution in [0.1, 0.15) is 52.0 Å². The topological polar surface area (TPSA) is 26.3 Å². The zero-order chi connectivity index (χ0) is 17.3. The molecule has 2 aliphatic carbocycles. The smallest absolute Gasteiger partial charge is 0.307 e. The molecule has 2 nitrogen and oxygen atoms in total. The van der Waals surface area contributed by atoms with Crippen LogP contribution < -0.4 is 0 Å². The normalized spacial score (nSPS) is 30.3. The molecule has 1 aliphatic heterocycles. The standard InChI is InChI=1S/C24H18O2/c25-21-14-20-16-10-4-5-11-17(16)23-22(15-8-2-1-3-9-15)18-12-6-7-13-19(18)24(20,23)26-21/h1-13,20,22-23H,14H2/t20-,22-,23+,24?/m0/s1. The number of carbonyl (C=O) groups is 1. The highest BCUT2D eigenvalue weighted by molar-refractivity contribution is 5.79. The molecule has 1 fully saturated rings. The first-order chi connectivity index (χ1) is 12.8. The molecule has 26 heavy (non-hydrogen) atoms. The minimum Gasteiger partial charge on any atom is -0.453 e. The number of rotatable bonds is 1. The molecular formula is C24H18O2. The van der Waals surface area contributed by atoms with Gasteiger partial charge in [0.25, 0.3) is 0 Å². The van der Waals surface area contributed by atoms with Gasteiger partial charge in [0.1, 0.15) is 0 Å². The van der Waals surface area contributed by atoms with Crippen molar-refractivity contribution in [1.82, 2.24) is 0 Å². The highest BCUT2D eigenvalue weighted by Crippen LogP contribution is 2.71. The highest BCUT2D eigenvalue weighted by Gasteiger charge is 2.67. The van der Waals surface area contributed by atoms with Gasteiger partial charge in [-0.05, 0) is 22.3 Å². The fourth-order valence-corrected chi connectivity index (χ4v) is 5.76. The van der Waals surface area contributed by atoms with Crippen molar-refractivity contribution in [2.45, 2.75) is 29.8 Å². The molecule has 3 aliphatic rings. The second kappa shape index (κ2) is 4.85. The molecule has 0 aromatic heterocycles. The number of esters is 1. The third-order valence-corrected chi connectivity index (χ3v) is 6.55. The van der Waals surface area contributed by atoms with Crippen LogP contribution in [0.3, 0.4) is 0 Å². The Morgan fingerprint density at radius 2 is 1.42 bits per heavy atom. The molecule has 0 amide bonds. The Morgan fingerprint density at radius 3 is 2.23 bits per heavy atom. The van der Waals surface area contributed by atoms with E-state index >= 15 is 0 Å². The van der Waals surface area contributed by atoms with Gasteiger partial charge < -0.3 is 4.74 Å². The Bertz CT molecular complexity index is 1040. The van der Waals surface area contributed by atoms with Gasteiger partial charge in [-0.3, -0.25) is 4.79 Å². The summed E-state index contributed by atoms with van der Waals surface area (Å²) in [4.78, 5) is 12.4. The minimum absolute atomic E-state index is 0.0713. The molecule has 0 bridgehead atoms. The van der Waals surface area contributed by atoms with E-state index in [1.807, 2.05) is 0 Å². The molecule has 4 atom stereocenters. The summed E-state index contributed by atoms with van der Waals surface area (Å²) < 4.78 is 6.22. The van der Waals surface area contributed by atoms with Crippen molar-refractivity contribution in [1.29, 1.82) is 0 Å². The summed E-state index contributed by atoms with van der Waals surface area (Å²) >= 11 is 0. The van der Waals surface area contributed by atoms with Crippen LogP contribution in [0.5, 0.6) is 0 Å². The molecule has 3 aromatic carbocycles. The van der Waals surface area contributed by atoms with Crippen LogP contribution in [0, 0.1) is 0 Å². The average Bonchev–Trinajstić information content (AvgIpc) is 3.26. The van der Waals surface area contributed by atoms with Gasteiger partial charge in [0.15, 0.2) is 5.60 Å².